The zero-order valence-electron chi connectivity index (χ0n) is 18.3. The first-order valence-electron chi connectivity index (χ1n) is 10.8. The van der Waals surface area contributed by atoms with Gasteiger partial charge in [0.25, 0.3) is 0 Å². The fourth-order valence-corrected chi connectivity index (χ4v) is 3.89. The third-order valence-corrected chi connectivity index (χ3v) is 5.54. The van der Waals surface area contributed by atoms with E-state index in [-0.39, 0.29) is 0 Å². The largest absolute Gasteiger partial charge is 0.457 e. The first kappa shape index (κ1) is 21.2. The summed E-state index contributed by atoms with van der Waals surface area (Å²) < 4.78 is 13.3. The van der Waals surface area contributed by atoms with Crippen molar-refractivity contribution >= 4 is 17.6 Å². The van der Waals surface area contributed by atoms with Crippen molar-refractivity contribution in [3.8, 4) is 29.1 Å². The van der Waals surface area contributed by atoms with Crippen molar-refractivity contribution in [1.29, 1.82) is 10.5 Å². The molecule has 2 aromatic heterocycles. The minimum Gasteiger partial charge on any atom is -0.457 e. The van der Waals surface area contributed by atoms with Crippen LogP contribution in [-0.4, -0.2) is 41.1 Å². The Balaban J connectivity index is 1.57. The number of ether oxygens (including phenoxy) is 1. The van der Waals surface area contributed by atoms with Gasteiger partial charge in [-0.05, 0) is 36.4 Å². The number of nitrogens with zero attached hydrogens (tertiary/aromatic N) is 6. The van der Waals surface area contributed by atoms with Crippen LogP contribution < -0.4 is 4.90 Å². The van der Waals surface area contributed by atoms with Crippen molar-refractivity contribution in [2.45, 2.75) is 0 Å². The molecule has 0 unspecified atom stereocenters. The first-order valence-corrected chi connectivity index (χ1v) is 10.8. The van der Waals surface area contributed by atoms with E-state index in [9.17, 15) is 10.5 Å². The highest BCUT2D eigenvalue weighted by atomic mass is 16.5. The minimum atomic E-state index is 0.310. The maximum Gasteiger partial charge on any atom is 0.232 e. The highest BCUT2D eigenvalue weighted by molar-refractivity contribution is 5.87. The molecule has 2 aromatic carbocycles. The van der Waals surface area contributed by atoms with Crippen LogP contribution in [0.1, 0.15) is 17.1 Å². The highest BCUT2D eigenvalue weighted by Crippen LogP contribution is 2.29. The molecule has 0 radical (unpaired) electrons. The summed E-state index contributed by atoms with van der Waals surface area (Å²) in [5.41, 5.74) is 2.38. The number of allylic oxidation sites excluding steroid dienone is 1. The summed E-state index contributed by atoms with van der Waals surface area (Å²) in [6.45, 7) is 2.60. The number of hydrogen-bond acceptors (Lipinski definition) is 7. The first-order chi connectivity index (χ1) is 16.8. The average Bonchev–Trinajstić information content (AvgIpc) is 3.56. The lowest BCUT2D eigenvalue weighted by atomic mass is 10.1. The van der Waals surface area contributed by atoms with Crippen molar-refractivity contribution in [1.82, 2.24) is 14.8 Å². The van der Waals surface area contributed by atoms with E-state index < -0.39 is 0 Å². The molecule has 0 amide bonds. The Hall–Kier alpha value is -4.66. The summed E-state index contributed by atoms with van der Waals surface area (Å²) in [5.74, 6) is 2.12. The lowest BCUT2D eigenvalue weighted by Gasteiger charge is -2.28. The number of nitriles is 2. The quantitative estimate of drug-likeness (QED) is 0.419. The molecule has 0 spiro atoms. The van der Waals surface area contributed by atoms with E-state index in [0.29, 0.717) is 66.3 Å². The molecule has 4 aromatic rings. The topological polar surface area (TPSA) is 104 Å². The number of benzene rings is 2. The molecule has 0 bridgehead atoms. The molecule has 0 saturated carbocycles. The summed E-state index contributed by atoms with van der Waals surface area (Å²) in [6, 6.07) is 24.9. The van der Waals surface area contributed by atoms with Gasteiger partial charge in [-0.1, -0.05) is 30.3 Å². The van der Waals surface area contributed by atoms with Crippen LogP contribution in [0.15, 0.2) is 71.1 Å². The summed E-state index contributed by atoms with van der Waals surface area (Å²) in [7, 11) is 0. The van der Waals surface area contributed by atoms with Crippen molar-refractivity contribution < 1.29 is 9.15 Å². The van der Waals surface area contributed by atoms with E-state index in [4.69, 9.17) is 9.15 Å². The van der Waals surface area contributed by atoms with Gasteiger partial charge in [-0.15, -0.1) is 10.2 Å². The summed E-state index contributed by atoms with van der Waals surface area (Å²) >= 11 is 0. The van der Waals surface area contributed by atoms with Gasteiger partial charge in [0.2, 0.25) is 5.95 Å². The Kier molecular flexibility index (Phi) is 5.89. The summed E-state index contributed by atoms with van der Waals surface area (Å²) in [4.78, 5) is 2.10. The highest BCUT2D eigenvalue weighted by Gasteiger charge is 2.23. The smallest absolute Gasteiger partial charge is 0.232 e. The maximum absolute atomic E-state index is 10.0. The molecule has 8 nitrogen and oxygen atoms in total. The van der Waals surface area contributed by atoms with Gasteiger partial charge < -0.3 is 14.1 Å². The van der Waals surface area contributed by atoms with Crippen LogP contribution in [0.3, 0.4) is 0 Å². The Morgan fingerprint density at radius 2 is 1.68 bits per heavy atom. The third-order valence-electron chi connectivity index (χ3n) is 5.54. The van der Waals surface area contributed by atoms with Crippen LogP contribution in [0.25, 0.3) is 28.7 Å². The van der Waals surface area contributed by atoms with Crippen molar-refractivity contribution in [3.63, 3.8) is 0 Å². The molecular weight excluding hydrogens is 428 g/mol. The molecule has 166 valence electrons. The molecule has 0 aliphatic carbocycles. The Morgan fingerprint density at radius 1 is 0.912 bits per heavy atom. The number of aromatic nitrogens is 3. The predicted octanol–water partition coefficient (Wildman–Crippen LogP) is 4.30. The van der Waals surface area contributed by atoms with Crippen molar-refractivity contribution in [3.05, 3.63) is 83.9 Å². The fraction of sp³-hybridized carbons (Fsp3) is 0.154. The predicted molar refractivity (Wildman–Crippen MR) is 127 cm³/mol. The van der Waals surface area contributed by atoms with Crippen molar-refractivity contribution in [2.75, 3.05) is 31.2 Å². The second kappa shape index (κ2) is 9.45. The summed E-state index contributed by atoms with van der Waals surface area (Å²) in [6.07, 6.45) is 1.64. The van der Waals surface area contributed by atoms with E-state index in [1.54, 1.807) is 24.3 Å². The van der Waals surface area contributed by atoms with Crippen LogP contribution >= 0.6 is 0 Å². The van der Waals surface area contributed by atoms with Crippen LogP contribution in [0, 0.1) is 22.7 Å². The molecular formula is C26H20N6O2. The second-order valence-corrected chi connectivity index (χ2v) is 7.62. The van der Waals surface area contributed by atoms with E-state index in [1.807, 2.05) is 53.1 Å². The third kappa shape index (κ3) is 4.06. The van der Waals surface area contributed by atoms with Crippen LogP contribution in [-0.2, 0) is 4.74 Å². The normalized spacial score (nSPS) is 13.9. The Labute approximate surface area is 196 Å². The standard InChI is InChI=1S/C26H20N6O2/c27-17-19-6-4-5-9-23(19)24-11-10-22(34-24)16-20(18-28)25-29-30-26(31-12-14-33-15-13-31)32(25)21-7-2-1-3-8-21/h1-11,16H,12-15H2/b20-16+. The zero-order valence-corrected chi connectivity index (χ0v) is 18.3. The molecule has 1 aliphatic rings. The van der Waals surface area contributed by atoms with Gasteiger partial charge in [0, 0.05) is 24.7 Å². The lowest BCUT2D eigenvalue weighted by Crippen LogP contribution is -2.38. The Bertz CT molecular complexity index is 1420. The number of anilines is 1. The van der Waals surface area contributed by atoms with E-state index in [1.165, 1.54) is 0 Å². The Morgan fingerprint density at radius 3 is 2.44 bits per heavy atom. The molecule has 1 aliphatic heterocycles. The molecule has 8 heteroatoms. The number of hydrogen-bond donors (Lipinski definition) is 0. The number of rotatable bonds is 5. The molecule has 0 N–H and O–H groups in total. The molecule has 1 fully saturated rings. The molecule has 0 atom stereocenters. The van der Waals surface area contributed by atoms with Crippen molar-refractivity contribution in [2.24, 2.45) is 0 Å². The van der Waals surface area contributed by atoms with Crippen LogP contribution in [0.2, 0.25) is 0 Å². The monoisotopic (exact) mass is 448 g/mol. The maximum atomic E-state index is 10.0. The molecule has 3 heterocycles. The van der Waals surface area contributed by atoms with Crippen LogP contribution in [0.4, 0.5) is 5.95 Å². The van der Waals surface area contributed by atoms with Gasteiger partial charge in [0.05, 0.1) is 30.5 Å². The number of furan rings is 1. The number of para-hydroxylation sites is 1. The average molecular weight is 448 g/mol. The van der Waals surface area contributed by atoms with Gasteiger partial charge in [-0.3, -0.25) is 4.57 Å². The van der Waals surface area contributed by atoms with E-state index in [0.717, 1.165) is 5.69 Å². The van der Waals surface area contributed by atoms with Gasteiger partial charge in [-0.2, -0.15) is 10.5 Å². The molecule has 34 heavy (non-hydrogen) atoms. The molecule has 5 rings (SSSR count). The van der Waals surface area contributed by atoms with E-state index in [2.05, 4.69) is 27.2 Å². The van der Waals surface area contributed by atoms with E-state index >= 15 is 0 Å². The molecule has 1 saturated heterocycles. The summed E-state index contributed by atoms with van der Waals surface area (Å²) in [5, 5.41) is 28.2. The SMILES string of the molecule is N#C/C(=C\c1ccc(-c2ccccc2C#N)o1)c1nnc(N2CCOCC2)n1-c1ccccc1. The lowest BCUT2D eigenvalue weighted by molar-refractivity contribution is 0.122. The van der Waals surface area contributed by atoms with Gasteiger partial charge in [0.15, 0.2) is 5.82 Å². The van der Waals surface area contributed by atoms with Crippen LogP contribution in [0.5, 0.6) is 0 Å². The number of morpholine rings is 1. The fourth-order valence-electron chi connectivity index (χ4n) is 3.89. The van der Waals surface area contributed by atoms with Gasteiger partial charge in [0.1, 0.15) is 23.2 Å². The minimum absolute atomic E-state index is 0.310. The van der Waals surface area contributed by atoms with Gasteiger partial charge >= 0.3 is 0 Å². The zero-order chi connectivity index (χ0) is 23.3. The van der Waals surface area contributed by atoms with Gasteiger partial charge in [-0.25, -0.2) is 0 Å². The second-order valence-electron chi connectivity index (χ2n) is 7.62.